The fraction of sp³-hybridized carbons (Fsp3) is 0.917. The third-order valence-corrected chi connectivity index (χ3v) is 10.7. The quantitative estimate of drug-likeness (QED) is 0.165. The van der Waals surface area contributed by atoms with Crippen LogP contribution in [-0.2, 0) is 57.3 Å². The van der Waals surface area contributed by atoms with Gasteiger partial charge in [-0.1, -0.05) is 320 Å². The third kappa shape index (κ3) is 397. The zero-order valence-corrected chi connectivity index (χ0v) is 74.9. The molecule has 112 heavy (non-hydrogen) atoms. The van der Waals surface area contributed by atoms with Gasteiger partial charge < -0.3 is 49.8 Å². The molecule has 0 aromatic rings. The number of carbonyl (C=O) groups excluding carboxylic acids is 8. The standard InChI is InChI=1S/C7H17N.2C7H14O.C6H14O.2C6H12O.C5H12O.2C5H10O.2C4H11N.C4H10O.2C4H8O.C3H9N.C3H8O.16CH4/c1-7(2,3)6-8(4)5;2*1-5-6(8)7(2,3)4;1-6(2,3)5-7-4;2*1-5(7)6(2,3)4;1-5(2,3)6-4;2*1-4(2)5(3)6;1-4(2)5-3;1-4(2,3)5;1-4(2)5-3;2*1-3-4(2)5;2*1-3-4-2;;;;;;;;;;;;;;;;/h6H2,1-5H3;2*5H2,1-4H3;5H2,1-4H3;2*1-4H3;1-4H3;2*4H,1-3H3;4-5H,1-3H3;5H2,1-3H3;4H,1-3H3;2*3H2,1-2H3;4H,3H2,1-2H3;3H2,1-2H3;16*1H4. The summed E-state index contributed by atoms with van der Waals surface area (Å²) in [6, 6.07) is 0.634. The Kier molecular flexibility index (Phi) is 247. The van der Waals surface area contributed by atoms with Crippen LogP contribution in [0.1, 0.15) is 449 Å². The summed E-state index contributed by atoms with van der Waals surface area (Å²) in [6.45, 7) is 89.1. The van der Waals surface area contributed by atoms with Crippen LogP contribution in [0.4, 0.5) is 0 Å². The molecule has 0 radical (unpaired) electrons. The molecule has 0 saturated carbocycles. The molecule has 0 spiro atoms. The molecule has 0 aliphatic carbocycles. The highest BCUT2D eigenvalue weighted by Gasteiger charge is 2.19. The summed E-state index contributed by atoms with van der Waals surface area (Å²) < 4.78 is 19.1. The number of nitrogens with zero attached hydrogens (tertiary/aromatic N) is 1. The van der Waals surface area contributed by atoms with Crippen molar-refractivity contribution >= 4 is 46.3 Å². The Morgan fingerprint density at radius 1 is 0.375 bits per heavy atom. The van der Waals surface area contributed by atoms with Crippen LogP contribution in [0.15, 0.2) is 0 Å². The number of methoxy groups -OCH3 is 4. The lowest BCUT2D eigenvalue weighted by Gasteiger charge is -2.22. The fourth-order valence-electron chi connectivity index (χ4n) is 2.44. The molecule has 0 aromatic heterocycles. The van der Waals surface area contributed by atoms with Crippen LogP contribution < -0.4 is 16.4 Å². The SMILES string of the molecule is C.C.C.C.C.C.C.C.C.C.C.C.C.C.C.C.CC(=O)C(C)(C)C.CC(=O)C(C)(C)C.CC(=O)C(C)C.CC(=O)C(C)C.CC(C)(C)N.CCC(=O)C(C)(C)C.CCC(=O)C(C)(C)C.CCC(C)=O.CCC(C)=O.CCNC.CCOC.CN(C)CC(C)(C)C.CNC(C)C.COC(C)(C)C.COC(C)C.COCC(C)(C)C. The zero-order valence-electron chi connectivity index (χ0n) is 74.9. The Balaban J connectivity index is -0.0000000202. The van der Waals surface area contributed by atoms with Gasteiger partial charge in [-0.25, -0.2) is 0 Å². The Labute approximate surface area is 721 Å². The van der Waals surface area contributed by atoms with Crippen molar-refractivity contribution in [1.82, 2.24) is 15.5 Å². The predicted octanol–water partition coefficient (Wildman–Crippen LogP) is 29.9. The summed E-state index contributed by atoms with van der Waals surface area (Å²) in [5.41, 5.74) is 5.63. The Hall–Kier alpha value is -2.96. The van der Waals surface area contributed by atoms with Gasteiger partial charge in [-0.15, -0.1) is 0 Å². The number of hydrogen-bond acceptors (Lipinski definition) is 16. The lowest BCUT2D eigenvalue weighted by atomic mass is 9.89. The maximum atomic E-state index is 10.8. The van der Waals surface area contributed by atoms with Gasteiger partial charge in [0, 0.05) is 112 Å². The predicted molar refractivity (Wildman–Crippen MR) is 534 cm³/mol. The molecule has 16 nitrogen and oxygen atoms in total. The summed E-state index contributed by atoms with van der Waals surface area (Å²) >= 11 is 0. The summed E-state index contributed by atoms with van der Waals surface area (Å²) in [6.07, 6.45) is 3.03. The van der Waals surface area contributed by atoms with Crippen LogP contribution >= 0.6 is 0 Å². The molecular weight excluding hydrogens is 1400 g/mol. The monoisotopic (exact) mass is 1650 g/mol. The lowest BCUT2D eigenvalue weighted by Crippen LogP contribution is -2.26. The van der Waals surface area contributed by atoms with Gasteiger partial charge >= 0.3 is 0 Å². The molecule has 0 aliphatic rings. The number of carbonyl (C=O) groups is 8. The third-order valence-electron chi connectivity index (χ3n) is 10.7. The van der Waals surface area contributed by atoms with Crippen LogP contribution in [0.3, 0.4) is 0 Å². The molecule has 0 rings (SSSR count). The van der Waals surface area contributed by atoms with E-state index < -0.39 is 0 Å². The molecule has 0 bridgehead atoms. The highest BCUT2D eigenvalue weighted by molar-refractivity contribution is 5.84. The van der Waals surface area contributed by atoms with Crippen LogP contribution in [0.2, 0.25) is 0 Å². The Bertz CT molecular complexity index is 1600. The smallest absolute Gasteiger partial charge is 0.137 e. The van der Waals surface area contributed by atoms with Crippen molar-refractivity contribution in [3.63, 3.8) is 0 Å². The first-order valence-electron chi connectivity index (χ1n) is 35.0. The fourth-order valence-corrected chi connectivity index (χ4v) is 2.44. The minimum atomic E-state index is -0.139. The van der Waals surface area contributed by atoms with Gasteiger partial charge in [-0.2, -0.15) is 0 Å². The van der Waals surface area contributed by atoms with E-state index in [2.05, 4.69) is 96.7 Å². The summed E-state index contributed by atoms with van der Waals surface area (Å²) in [5.74, 6) is 2.60. The minimum absolute atomic E-state index is 0. The highest BCUT2D eigenvalue weighted by atomic mass is 16.5. The number of hydrogen-bond donors (Lipinski definition) is 3. The second-order valence-electron chi connectivity index (χ2n) is 32.8. The van der Waals surface area contributed by atoms with E-state index in [1.54, 1.807) is 70.0 Å². The normalized spacial score (nSPS) is 8.98. The van der Waals surface area contributed by atoms with Crippen LogP contribution in [-0.4, -0.2) is 157 Å². The number of ether oxygens (including phenoxy) is 4. The van der Waals surface area contributed by atoms with E-state index in [0.717, 1.165) is 26.3 Å². The first-order valence-corrected chi connectivity index (χ1v) is 35.0. The van der Waals surface area contributed by atoms with Crippen LogP contribution in [0.5, 0.6) is 0 Å². The average Bonchev–Trinajstić information content (AvgIpc) is 3.39. The number of ketones is 8. The van der Waals surface area contributed by atoms with Gasteiger partial charge in [0.05, 0.1) is 18.3 Å². The maximum Gasteiger partial charge on any atom is 0.137 e. The molecule has 0 aliphatic heterocycles. The van der Waals surface area contributed by atoms with Gasteiger partial charge in [0.2, 0.25) is 0 Å². The van der Waals surface area contributed by atoms with Gasteiger partial charge in [-0.3, -0.25) is 28.8 Å². The molecule has 0 unspecified atom stereocenters. The molecule has 0 fully saturated rings. The Morgan fingerprint density at radius 2 is 0.527 bits per heavy atom. The number of nitrogens with two attached hydrogens (primary N) is 1. The van der Waals surface area contributed by atoms with E-state index in [4.69, 9.17) is 19.9 Å². The van der Waals surface area contributed by atoms with Crippen molar-refractivity contribution < 1.29 is 57.3 Å². The highest BCUT2D eigenvalue weighted by Crippen LogP contribution is 2.17. The van der Waals surface area contributed by atoms with Crippen molar-refractivity contribution in [1.29, 1.82) is 0 Å². The number of Topliss-reactive ketones (excluding diaryl/α,β-unsaturated/α-hetero) is 8. The number of nitrogens with one attached hydrogen (secondary N) is 2. The second kappa shape index (κ2) is 129. The average molecular weight is 1650 g/mol. The first-order chi connectivity index (χ1) is 42.1. The molecule has 16 heteroatoms. The van der Waals surface area contributed by atoms with E-state index in [9.17, 15) is 38.4 Å². The Morgan fingerprint density at radius 3 is 0.527 bits per heavy atom. The molecule has 0 heterocycles. The first kappa shape index (κ1) is 214. The van der Waals surface area contributed by atoms with E-state index in [1.165, 1.54) is 0 Å². The molecule has 720 valence electrons. The van der Waals surface area contributed by atoms with E-state index in [1.807, 2.05) is 215 Å². The maximum absolute atomic E-state index is 10.8. The molecule has 0 amide bonds. The molecule has 4 N–H and O–H groups in total. The lowest BCUT2D eigenvalue weighted by molar-refractivity contribution is -0.126. The second-order valence-corrected chi connectivity index (χ2v) is 32.8. The van der Waals surface area contributed by atoms with Crippen molar-refractivity contribution in [2.45, 2.75) is 472 Å². The largest absolute Gasteiger partial charge is 0.385 e. The van der Waals surface area contributed by atoms with Gasteiger partial charge in [0.1, 0.15) is 46.3 Å². The number of rotatable bonds is 12. The van der Waals surface area contributed by atoms with Gasteiger partial charge in [0.15, 0.2) is 0 Å². The van der Waals surface area contributed by atoms with Crippen molar-refractivity contribution in [2.75, 3.05) is 82.9 Å². The summed E-state index contributed by atoms with van der Waals surface area (Å²) in [7, 11) is 14.9. The van der Waals surface area contributed by atoms with Crippen LogP contribution in [0, 0.1) is 44.3 Å². The van der Waals surface area contributed by atoms with E-state index in [-0.39, 0.29) is 198 Å². The molecule has 0 aromatic carbocycles. The molecular formula is C96H244N4O12. The molecule has 0 atom stereocenters. The summed E-state index contributed by atoms with van der Waals surface area (Å²) in [4.78, 5) is 84.7. The topological polar surface area (TPSA) is 227 Å². The van der Waals surface area contributed by atoms with Crippen molar-refractivity contribution in [3.05, 3.63) is 0 Å². The van der Waals surface area contributed by atoms with Crippen molar-refractivity contribution in [2.24, 2.45) is 50.1 Å². The van der Waals surface area contributed by atoms with E-state index >= 15 is 0 Å². The minimum Gasteiger partial charge on any atom is -0.385 e. The molecule has 0 saturated heterocycles. The van der Waals surface area contributed by atoms with Crippen molar-refractivity contribution in [3.8, 4) is 0 Å². The zero-order chi connectivity index (χ0) is 82.4. The van der Waals surface area contributed by atoms with Gasteiger partial charge in [-0.05, 0) is 149 Å². The van der Waals surface area contributed by atoms with Crippen LogP contribution in [0.25, 0.3) is 0 Å². The van der Waals surface area contributed by atoms with E-state index in [0.29, 0.717) is 60.2 Å². The van der Waals surface area contributed by atoms with Gasteiger partial charge in [0.25, 0.3) is 0 Å². The summed E-state index contributed by atoms with van der Waals surface area (Å²) in [5, 5.41) is 5.96.